The highest BCUT2D eigenvalue weighted by atomic mass is 19.1. The number of H-pyrrole nitrogens is 1. The van der Waals surface area contributed by atoms with Gasteiger partial charge in [-0.15, -0.1) is 0 Å². The molecule has 7 nitrogen and oxygen atoms in total. The van der Waals surface area contributed by atoms with Crippen molar-refractivity contribution in [2.75, 3.05) is 5.43 Å². The largest absolute Gasteiger partial charge is 0.350 e. The lowest BCUT2D eigenvalue weighted by molar-refractivity contribution is 0.0958. The molecule has 0 aliphatic heterocycles. The predicted molar refractivity (Wildman–Crippen MR) is 101 cm³/mol. The Morgan fingerprint density at radius 1 is 1.19 bits per heavy atom. The molecule has 0 saturated carbocycles. The van der Waals surface area contributed by atoms with Gasteiger partial charge in [-0.05, 0) is 37.3 Å². The number of para-hydroxylation sites is 1. The molecular formula is C19H16FN5O2. The molecule has 0 atom stereocenters. The summed E-state index contributed by atoms with van der Waals surface area (Å²) in [5, 5.41) is 0.833. The van der Waals surface area contributed by atoms with Gasteiger partial charge in [0.15, 0.2) is 0 Å². The van der Waals surface area contributed by atoms with E-state index in [1.165, 1.54) is 16.7 Å². The maximum absolute atomic E-state index is 13.8. The van der Waals surface area contributed by atoms with Crippen LogP contribution in [0, 0.1) is 5.82 Å². The van der Waals surface area contributed by atoms with E-state index in [0.29, 0.717) is 28.4 Å². The summed E-state index contributed by atoms with van der Waals surface area (Å²) in [4.78, 5) is 32.2. The molecular weight excluding hydrogens is 349 g/mol. The summed E-state index contributed by atoms with van der Waals surface area (Å²) >= 11 is 0. The summed E-state index contributed by atoms with van der Waals surface area (Å²) < 4.78 is 15.2. The van der Waals surface area contributed by atoms with Crippen molar-refractivity contribution in [2.45, 2.75) is 13.5 Å². The Hall–Kier alpha value is -3.68. The highest BCUT2D eigenvalue weighted by Crippen LogP contribution is 2.18. The summed E-state index contributed by atoms with van der Waals surface area (Å²) in [6.45, 7) is 2.19. The fourth-order valence-electron chi connectivity index (χ4n) is 2.98. The molecule has 4 rings (SSSR count). The molecule has 0 unspecified atom stereocenters. The minimum absolute atomic E-state index is 0.189. The zero-order valence-electron chi connectivity index (χ0n) is 14.4. The maximum Gasteiger partial charge on any atom is 0.286 e. The molecule has 0 bridgehead atoms. The van der Waals surface area contributed by atoms with E-state index in [2.05, 4.69) is 20.8 Å². The van der Waals surface area contributed by atoms with Crippen molar-refractivity contribution >= 4 is 33.7 Å². The maximum atomic E-state index is 13.8. The van der Waals surface area contributed by atoms with Crippen molar-refractivity contribution in [1.82, 2.24) is 20.0 Å². The minimum Gasteiger partial charge on any atom is -0.350 e. The van der Waals surface area contributed by atoms with Gasteiger partial charge in [0.05, 0.1) is 10.9 Å². The van der Waals surface area contributed by atoms with Crippen LogP contribution in [0.15, 0.2) is 53.3 Å². The second-order valence-corrected chi connectivity index (χ2v) is 5.97. The number of benzene rings is 2. The third-order valence-electron chi connectivity index (χ3n) is 4.32. The number of rotatable bonds is 4. The van der Waals surface area contributed by atoms with Gasteiger partial charge in [-0.1, -0.05) is 18.2 Å². The number of hydrazine groups is 1. The molecule has 0 radical (unpaired) electrons. The zero-order valence-corrected chi connectivity index (χ0v) is 14.4. The van der Waals surface area contributed by atoms with Crippen LogP contribution in [-0.4, -0.2) is 20.4 Å². The average Bonchev–Trinajstić information content (AvgIpc) is 3.12. The van der Waals surface area contributed by atoms with Crippen molar-refractivity contribution in [1.29, 1.82) is 0 Å². The molecule has 3 N–H and O–H groups in total. The molecule has 0 aliphatic carbocycles. The van der Waals surface area contributed by atoms with E-state index in [1.807, 2.05) is 6.92 Å². The third kappa shape index (κ3) is 2.91. The van der Waals surface area contributed by atoms with Crippen molar-refractivity contribution in [3.8, 4) is 0 Å². The van der Waals surface area contributed by atoms with E-state index < -0.39 is 11.7 Å². The van der Waals surface area contributed by atoms with Crippen LogP contribution in [0.5, 0.6) is 0 Å². The number of carbonyl (C=O) groups excluding carboxylic acids is 1. The van der Waals surface area contributed by atoms with Crippen molar-refractivity contribution in [3.05, 3.63) is 70.4 Å². The number of amides is 1. The lowest BCUT2D eigenvalue weighted by atomic mass is 10.2. The van der Waals surface area contributed by atoms with Gasteiger partial charge in [-0.3, -0.25) is 25.0 Å². The first-order chi connectivity index (χ1) is 13.1. The van der Waals surface area contributed by atoms with Gasteiger partial charge < -0.3 is 4.98 Å². The van der Waals surface area contributed by atoms with Crippen molar-refractivity contribution < 1.29 is 9.18 Å². The number of fused-ring (bicyclic) bond motifs is 2. The first kappa shape index (κ1) is 16.8. The van der Waals surface area contributed by atoms with E-state index in [4.69, 9.17) is 0 Å². The molecule has 8 heteroatoms. The fraction of sp³-hybridized carbons (Fsp3) is 0.105. The molecule has 2 aromatic carbocycles. The van der Waals surface area contributed by atoms with Crippen LogP contribution < -0.4 is 16.4 Å². The highest BCUT2D eigenvalue weighted by molar-refractivity contribution is 5.98. The number of nitrogens with zero attached hydrogens (tertiary/aromatic N) is 2. The van der Waals surface area contributed by atoms with Gasteiger partial charge in [0.2, 0.25) is 5.95 Å². The minimum atomic E-state index is -0.504. The highest BCUT2D eigenvalue weighted by Gasteiger charge is 2.14. The van der Waals surface area contributed by atoms with E-state index >= 15 is 0 Å². The second kappa shape index (κ2) is 6.56. The number of aromatic amines is 1. The number of halogens is 1. The summed E-state index contributed by atoms with van der Waals surface area (Å²) in [6, 6.07) is 13.0. The van der Waals surface area contributed by atoms with E-state index in [0.717, 1.165) is 0 Å². The SMILES string of the molecule is CCn1c(NNC(=O)c2cc3c(F)cccc3[nH]2)nc2ccccc2c1=O. The standard InChI is InChI=1S/C19H16FN5O2/c1-2-25-18(27)11-6-3-4-8-14(11)22-19(25)24-23-17(26)16-10-12-13(20)7-5-9-15(12)21-16/h3-10,21H,2H2,1H3,(H,22,24)(H,23,26). The molecule has 1 amide bonds. The van der Waals surface area contributed by atoms with Crippen LogP contribution in [0.25, 0.3) is 21.8 Å². The fourth-order valence-corrected chi connectivity index (χ4v) is 2.98. The molecule has 136 valence electrons. The Bertz CT molecular complexity index is 1230. The quantitative estimate of drug-likeness (QED) is 0.485. The van der Waals surface area contributed by atoms with Crippen molar-refractivity contribution in [2.24, 2.45) is 0 Å². The number of hydrogen-bond donors (Lipinski definition) is 3. The van der Waals surface area contributed by atoms with E-state index in [-0.39, 0.29) is 17.2 Å². The number of anilines is 1. The number of nitrogens with one attached hydrogen (secondary N) is 3. The molecule has 27 heavy (non-hydrogen) atoms. The van der Waals surface area contributed by atoms with Gasteiger partial charge in [-0.25, -0.2) is 9.37 Å². The summed E-state index contributed by atoms with van der Waals surface area (Å²) in [5.74, 6) is -0.695. The molecule has 0 spiro atoms. The first-order valence-corrected chi connectivity index (χ1v) is 8.41. The topological polar surface area (TPSA) is 91.8 Å². The van der Waals surface area contributed by atoms with Crippen LogP contribution in [0.3, 0.4) is 0 Å². The Balaban J connectivity index is 1.63. The van der Waals surface area contributed by atoms with E-state index in [9.17, 15) is 14.0 Å². The number of aromatic nitrogens is 3. The smallest absolute Gasteiger partial charge is 0.286 e. The van der Waals surface area contributed by atoms with Crippen LogP contribution in [0.2, 0.25) is 0 Å². The lowest BCUT2D eigenvalue weighted by Gasteiger charge is -2.13. The van der Waals surface area contributed by atoms with Gasteiger partial charge in [0, 0.05) is 17.4 Å². The first-order valence-electron chi connectivity index (χ1n) is 8.41. The average molecular weight is 365 g/mol. The lowest BCUT2D eigenvalue weighted by Crippen LogP contribution is -2.34. The molecule has 2 aromatic heterocycles. The summed E-state index contributed by atoms with van der Waals surface area (Å²) in [6.07, 6.45) is 0. The molecule has 2 heterocycles. The summed E-state index contributed by atoms with van der Waals surface area (Å²) in [5.41, 5.74) is 6.23. The molecule has 4 aromatic rings. The van der Waals surface area contributed by atoms with Crippen LogP contribution in [-0.2, 0) is 6.54 Å². The predicted octanol–water partition coefficient (Wildman–Crippen LogP) is 2.79. The summed E-state index contributed by atoms with van der Waals surface area (Å²) in [7, 11) is 0. The molecule has 0 fully saturated rings. The second-order valence-electron chi connectivity index (χ2n) is 5.97. The Labute approximate surface area is 152 Å². The zero-order chi connectivity index (χ0) is 19.0. The van der Waals surface area contributed by atoms with Crippen LogP contribution in [0.4, 0.5) is 10.3 Å². The van der Waals surface area contributed by atoms with Crippen LogP contribution in [0.1, 0.15) is 17.4 Å². The van der Waals surface area contributed by atoms with Gasteiger partial charge in [-0.2, -0.15) is 0 Å². The number of carbonyl (C=O) groups is 1. The normalized spacial score (nSPS) is 11.0. The Morgan fingerprint density at radius 3 is 2.78 bits per heavy atom. The Kier molecular flexibility index (Phi) is 4.08. The third-order valence-corrected chi connectivity index (χ3v) is 4.32. The van der Waals surface area contributed by atoms with Gasteiger partial charge in [0.1, 0.15) is 11.5 Å². The van der Waals surface area contributed by atoms with Gasteiger partial charge >= 0.3 is 0 Å². The van der Waals surface area contributed by atoms with Crippen molar-refractivity contribution in [3.63, 3.8) is 0 Å². The van der Waals surface area contributed by atoms with E-state index in [1.54, 1.807) is 36.4 Å². The molecule has 0 saturated heterocycles. The number of hydrogen-bond acceptors (Lipinski definition) is 4. The monoisotopic (exact) mass is 365 g/mol. The van der Waals surface area contributed by atoms with Crippen LogP contribution >= 0.6 is 0 Å². The van der Waals surface area contributed by atoms with Gasteiger partial charge in [0.25, 0.3) is 11.5 Å². The molecule has 0 aliphatic rings. The Morgan fingerprint density at radius 2 is 2.00 bits per heavy atom.